The first-order chi connectivity index (χ1) is 13.4. The third-order valence-corrected chi connectivity index (χ3v) is 4.68. The second kappa shape index (κ2) is 9.90. The number of thioether (sulfide) groups is 1. The number of aryl methyl sites for hydroxylation is 2. The van der Waals surface area contributed by atoms with Crippen LogP contribution >= 0.6 is 11.8 Å². The number of nitrogens with two attached hydrogens (primary N) is 1. The number of nitrogens with zero attached hydrogens (tertiary/aromatic N) is 4. The van der Waals surface area contributed by atoms with Gasteiger partial charge in [-0.25, -0.2) is 0 Å². The molecule has 0 saturated heterocycles. The molecular formula is C18H23N5O4S. The Kier molecular flexibility index (Phi) is 7.59. The summed E-state index contributed by atoms with van der Waals surface area (Å²) in [5.74, 6) is 2.16. The molecule has 0 aliphatic heterocycles. The molecule has 0 amide bonds. The quantitative estimate of drug-likeness (QED) is 0.594. The lowest BCUT2D eigenvalue weighted by atomic mass is 10.2. The molecule has 0 unspecified atom stereocenters. The number of carboxylic acid groups (broad SMARTS) is 1. The lowest BCUT2D eigenvalue weighted by molar-refractivity contribution is -0.134. The van der Waals surface area contributed by atoms with E-state index >= 15 is 0 Å². The van der Waals surface area contributed by atoms with E-state index in [0.29, 0.717) is 18.1 Å². The van der Waals surface area contributed by atoms with Gasteiger partial charge in [-0.15, -0.1) is 10.2 Å². The molecule has 3 rings (SSSR count). The lowest BCUT2D eigenvalue weighted by Gasteiger charge is -2.10. The number of carboxylic acids is 1. The summed E-state index contributed by atoms with van der Waals surface area (Å²) < 4.78 is 12.5. The maximum Gasteiger partial charge on any atom is 0.300 e. The lowest BCUT2D eigenvalue weighted by Crippen LogP contribution is -2.08. The van der Waals surface area contributed by atoms with Gasteiger partial charge in [-0.3, -0.25) is 9.36 Å². The van der Waals surface area contributed by atoms with E-state index in [4.69, 9.17) is 24.9 Å². The number of benzene rings is 1. The van der Waals surface area contributed by atoms with Crippen LogP contribution in [0.3, 0.4) is 0 Å². The zero-order chi connectivity index (χ0) is 20.7. The van der Waals surface area contributed by atoms with Gasteiger partial charge in [0.2, 0.25) is 0 Å². The van der Waals surface area contributed by atoms with E-state index in [0.717, 1.165) is 40.5 Å². The van der Waals surface area contributed by atoms with Crippen LogP contribution in [-0.2, 0) is 17.1 Å². The maximum absolute atomic E-state index is 9.00. The van der Waals surface area contributed by atoms with Gasteiger partial charge in [0.1, 0.15) is 11.5 Å². The first kappa shape index (κ1) is 21.5. The molecule has 3 N–H and O–H groups in total. The molecular weight excluding hydrogens is 382 g/mol. The van der Waals surface area contributed by atoms with Crippen molar-refractivity contribution in [3.63, 3.8) is 0 Å². The number of rotatable bonds is 6. The Morgan fingerprint density at radius 2 is 2.07 bits per heavy atom. The van der Waals surface area contributed by atoms with Gasteiger partial charge in [0.15, 0.2) is 11.0 Å². The highest BCUT2D eigenvalue weighted by Gasteiger charge is 2.16. The summed E-state index contributed by atoms with van der Waals surface area (Å²) in [5, 5.41) is 20.6. The third-order valence-electron chi connectivity index (χ3n) is 3.72. The normalized spacial score (nSPS) is 10.3. The summed E-state index contributed by atoms with van der Waals surface area (Å²) in [4.78, 5) is 9.00. The third kappa shape index (κ3) is 5.33. The van der Waals surface area contributed by atoms with Crippen LogP contribution in [0, 0.1) is 13.8 Å². The van der Waals surface area contributed by atoms with Crippen LogP contribution < -0.4 is 10.5 Å². The molecule has 3 aromatic rings. The molecule has 2 heterocycles. The Morgan fingerprint density at radius 1 is 1.36 bits per heavy atom. The second-order valence-corrected chi connectivity index (χ2v) is 6.69. The number of aliphatic carboxylic acids is 1. The largest absolute Gasteiger partial charge is 0.497 e. The van der Waals surface area contributed by atoms with Crippen LogP contribution in [0.5, 0.6) is 5.75 Å². The van der Waals surface area contributed by atoms with Crippen molar-refractivity contribution in [1.82, 2.24) is 19.9 Å². The van der Waals surface area contributed by atoms with Crippen LogP contribution in [0.15, 0.2) is 33.9 Å². The average molecular weight is 405 g/mol. The summed E-state index contributed by atoms with van der Waals surface area (Å²) in [6.45, 7) is 5.23. The summed E-state index contributed by atoms with van der Waals surface area (Å²) in [7, 11) is 1.64. The molecule has 0 aliphatic carbocycles. The zero-order valence-electron chi connectivity index (χ0n) is 16.2. The molecule has 1 aromatic carbocycles. The van der Waals surface area contributed by atoms with Crippen LogP contribution in [0.4, 0.5) is 0 Å². The number of carbonyl (C=O) groups is 1. The monoisotopic (exact) mass is 405 g/mol. The van der Waals surface area contributed by atoms with Gasteiger partial charge in [-0.2, -0.15) is 0 Å². The van der Waals surface area contributed by atoms with Crippen molar-refractivity contribution >= 4 is 17.7 Å². The van der Waals surface area contributed by atoms with Crippen molar-refractivity contribution in [2.75, 3.05) is 7.11 Å². The fraction of sp³-hybridized carbons (Fsp3) is 0.333. The van der Waals surface area contributed by atoms with Gasteiger partial charge in [0, 0.05) is 24.3 Å². The van der Waals surface area contributed by atoms with E-state index in [9.17, 15) is 0 Å². The molecule has 0 atom stereocenters. The van der Waals surface area contributed by atoms with E-state index in [-0.39, 0.29) is 0 Å². The van der Waals surface area contributed by atoms with Gasteiger partial charge < -0.3 is 20.1 Å². The Bertz CT molecular complexity index is 914. The van der Waals surface area contributed by atoms with Crippen molar-refractivity contribution in [3.8, 4) is 11.4 Å². The highest BCUT2D eigenvalue weighted by Crippen LogP contribution is 2.28. The first-order valence-corrected chi connectivity index (χ1v) is 9.38. The predicted molar refractivity (Wildman–Crippen MR) is 105 cm³/mol. The molecule has 0 saturated carbocycles. The van der Waals surface area contributed by atoms with Gasteiger partial charge in [-0.1, -0.05) is 23.0 Å². The van der Waals surface area contributed by atoms with Crippen LogP contribution in [0.2, 0.25) is 0 Å². The second-order valence-electron chi connectivity index (χ2n) is 5.75. The Balaban J connectivity index is 0.000000640. The minimum atomic E-state index is -0.833. The van der Waals surface area contributed by atoms with Gasteiger partial charge in [-0.05, 0) is 26.0 Å². The standard InChI is InChI=1S/C16H19N5O2S.C2H4O2/c1-10-14(11(2)23-20-10)9-24-16-19-18-15(8-17)21(16)12-5-4-6-13(7-12)22-3;1-2(3)4/h4-7H,8-9,17H2,1-3H3;1H3,(H,3,4). The van der Waals surface area contributed by atoms with Gasteiger partial charge in [0.05, 0.1) is 25.0 Å². The van der Waals surface area contributed by atoms with E-state index in [1.807, 2.05) is 42.7 Å². The fourth-order valence-electron chi connectivity index (χ4n) is 2.38. The van der Waals surface area contributed by atoms with Crippen molar-refractivity contribution in [3.05, 3.63) is 47.1 Å². The van der Waals surface area contributed by atoms with Crippen LogP contribution in [0.1, 0.15) is 29.8 Å². The van der Waals surface area contributed by atoms with Gasteiger partial charge in [0.25, 0.3) is 5.97 Å². The Hall–Kier alpha value is -2.85. The molecule has 9 nitrogen and oxygen atoms in total. The molecule has 28 heavy (non-hydrogen) atoms. The molecule has 0 spiro atoms. The highest BCUT2D eigenvalue weighted by molar-refractivity contribution is 7.98. The molecule has 10 heteroatoms. The summed E-state index contributed by atoms with van der Waals surface area (Å²) >= 11 is 1.57. The van der Waals surface area contributed by atoms with Crippen LogP contribution in [0.25, 0.3) is 5.69 Å². The minimum absolute atomic E-state index is 0.302. The predicted octanol–water partition coefficient (Wildman–Crippen LogP) is 2.72. The van der Waals surface area contributed by atoms with Crippen LogP contribution in [-0.4, -0.2) is 38.1 Å². The van der Waals surface area contributed by atoms with Crippen molar-refractivity contribution in [2.45, 2.75) is 38.2 Å². The number of ether oxygens (including phenoxy) is 1. The molecule has 0 aliphatic rings. The molecule has 0 fully saturated rings. The fourth-order valence-corrected chi connectivity index (χ4v) is 3.50. The number of hydrogen-bond acceptors (Lipinski definition) is 8. The molecule has 0 radical (unpaired) electrons. The number of methoxy groups -OCH3 is 1. The summed E-state index contributed by atoms with van der Waals surface area (Å²) in [6, 6.07) is 7.73. The van der Waals surface area contributed by atoms with E-state index in [1.54, 1.807) is 18.9 Å². The molecule has 0 bridgehead atoms. The SMILES string of the molecule is CC(=O)O.COc1cccc(-n2c(CN)nnc2SCc2c(C)noc2C)c1. The topological polar surface area (TPSA) is 129 Å². The minimum Gasteiger partial charge on any atom is -0.497 e. The first-order valence-electron chi connectivity index (χ1n) is 8.40. The maximum atomic E-state index is 9.00. The average Bonchev–Trinajstić information content (AvgIpc) is 3.22. The Morgan fingerprint density at radius 3 is 2.64 bits per heavy atom. The highest BCUT2D eigenvalue weighted by atomic mass is 32.2. The molecule has 2 aromatic heterocycles. The summed E-state index contributed by atoms with van der Waals surface area (Å²) in [5.41, 5.74) is 8.71. The van der Waals surface area contributed by atoms with Crippen molar-refractivity contribution < 1.29 is 19.2 Å². The van der Waals surface area contributed by atoms with Gasteiger partial charge >= 0.3 is 0 Å². The summed E-state index contributed by atoms with van der Waals surface area (Å²) in [6.07, 6.45) is 0. The molecule has 150 valence electrons. The Labute approximate surface area is 166 Å². The smallest absolute Gasteiger partial charge is 0.300 e. The number of hydrogen-bond donors (Lipinski definition) is 2. The van der Waals surface area contributed by atoms with E-state index < -0.39 is 5.97 Å². The number of aromatic nitrogens is 4. The van der Waals surface area contributed by atoms with E-state index in [1.165, 1.54) is 0 Å². The van der Waals surface area contributed by atoms with E-state index in [2.05, 4.69) is 15.4 Å². The van der Waals surface area contributed by atoms with Crippen molar-refractivity contribution in [1.29, 1.82) is 0 Å². The zero-order valence-corrected chi connectivity index (χ0v) is 17.0. The van der Waals surface area contributed by atoms with Crippen molar-refractivity contribution in [2.24, 2.45) is 5.73 Å².